The molecule has 0 bridgehead atoms. The van der Waals surface area contributed by atoms with Crippen LogP contribution in [0, 0.1) is 5.82 Å². The average molecular weight is 354 g/mol. The molecule has 0 saturated heterocycles. The van der Waals surface area contributed by atoms with E-state index in [1.807, 2.05) is 12.1 Å². The number of benzene rings is 2. The van der Waals surface area contributed by atoms with Crippen LogP contribution in [0.3, 0.4) is 0 Å². The van der Waals surface area contributed by atoms with Crippen molar-refractivity contribution in [3.05, 3.63) is 76.6 Å². The van der Waals surface area contributed by atoms with Crippen molar-refractivity contribution in [2.45, 2.75) is 38.7 Å². The molecule has 26 heavy (non-hydrogen) atoms. The second kappa shape index (κ2) is 6.06. The molecule has 0 radical (unpaired) electrons. The summed E-state index contributed by atoms with van der Waals surface area (Å²) in [6.45, 7) is 13.1. The van der Waals surface area contributed by atoms with Crippen LogP contribution in [0.2, 0.25) is 0 Å². The van der Waals surface area contributed by atoms with Gasteiger partial charge in [0.1, 0.15) is 5.82 Å². The molecule has 4 heteroatoms. The first kappa shape index (κ1) is 18.3. The summed E-state index contributed by atoms with van der Waals surface area (Å²) < 4.78 is 20.1. The topological polar surface area (TPSA) is 46.5 Å². The summed E-state index contributed by atoms with van der Waals surface area (Å²) in [5, 5.41) is 8.98. The Labute approximate surface area is 153 Å². The van der Waals surface area contributed by atoms with E-state index in [1.54, 1.807) is 6.07 Å². The number of halogens is 1. The van der Waals surface area contributed by atoms with Crippen LogP contribution in [0.1, 0.15) is 60.3 Å². The number of carboxylic acids is 1. The zero-order valence-corrected chi connectivity index (χ0v) is 15.5. The third-order valence-corrected chi connectivity index (χ3v) is 5.09. The number of hydrogen-bond acceptors (Lipinski definition) is 2. The molecule has 1 aliphatic rings. The molecule has 1 aliphatic heterocycles. The lowest BCUT2D eigenvalue weighted by Crippen LogP contribution is -2.39. The van der Waals surface area contributed by atoms with E-state index in [2.05, 4.69) is 40.3 Å². The zero-order chi connectivity index (χ0) is 19.3. The van der Waals surface area contributed by atoms with Gasteiger partial charge in [-0.25, -0.2) is 9.18 Å². The molecule has 0 spiro atoms. The van der Waals surface area contributed by atoms with Gasteiger partial charge in [-0.15, -0.1) is 0 Å². The molecule has 2 aromatic rings. The summed E-state index contributed by atoms with van der Waals surface area (Å²) in [5.41, 5.74) is 3.59. The van der Waals surface area contributed by atoms with Gasteiger partial charge in [0.15, 0.2) is 0 Å². The second-order valence-corrected chi connectivity index (χ2v) is 7.92. The first-order chi connectivity index (χ1) is 12.0. The smallest absolute Gasteiger partial charge is 0.338 e. The Morgan fingerprint density at radius 1 is 1.08 bits per heavy atom. The van der Waals surface area contributed by atoms with E-state index < -0.39 is 11.8 Å². The van der Waals surface area contributed by atoms with Crippen LogP contribution in [0.4, 0.5) is 4.39 Å². The summed E-state index contributed by atoms with van der Waals surface area (Å²) in [6.07, 6.45) is 0. The Hall–Kier alpha value is -2.46. The highest BCUT2D eigenvalue weighted by Crippen LogP contribution is 2.42. The van der Waals surface area contributed by atoms with E-state index in [9.17, 15) is 9.18 Å². The fourth-order valence-corrected chi connectivity index (χ4v) is 3.38. The Balaban J connectivity index is 2.04. The van der Waals surface area contributed by atoms with Gasteiger partial charge < -0.3 is 9.84 Å². The number of carboxylic acid groups (broad SMARTS) is 1. The number of fused-ring (bicyclic) bond motifs is 1. The third kappa shape index (κ3) is 3.06. The molecular weight excluding hydrogens is 331 g/mol. The highest BCUT2D eigenvalue weighted by molar-refractivity contribution is 5.89. The van der Waals surface area contributed by atoms with Crippen LogP contribution in [0.25, 0.3) is 5.57 Å². The SMILES string of the molecule is C=C(c1ccc(C(=O)O)c(F)c1)c1ccc2c(c1)C(C)(C)COC2(C)C. The second-order valence-electron chi connectivity index (χ2n) is 7.92. The Kier molecular flexibility index (Phi) is 4.27. The van der Waals surface area contributed by atoms with Crippen LogP contribution in [-0.2, 0) is 15.8 Å². The molecule has 0 atom stereocenters. The number of aromatic carboxylic acids is 1. The number of hydrogen-bond donors (Lipinski definition) is 1. The number of carbonyl (C=O) groups is 1. The average Bonchev–Trinajstić information content (AvgIpc) is 2.57. The normalized spacial score (nSPS) is 17.4. The van der Waals surface area contributed by atoms with Crippen LogP contribution in [-0.4, -0.2) is 17.7 Å². The minimum atomic E-state index is -1.28. The van der Waals surface area contributed by atoms with E-state index in [1.165, 1.54) is 17.7 Å². The predicted octanol–water partition coefficient (Wildman–Crippen LogP) is 5.13. The van der Waals surface area contributed by atoms with Gasteiger partial charge in [0.25, 0.3) is 0 Å². The van der Waals surface area contributed by atoms with Crippen molar-refractivity contribution in [3.63, 3.8) is 0 Å². The van der Waals surface area contributed by atoms with Crippen LogP contribution >= 0.6 is 0 Å². The van der Waals surface area contributed by atoms with Gasteiger partial charge in [0.05, 0.1) is 17.8 Å². The molecule has 0 amide bonds. The van der Waals surface area contributed by atoms with Crippen molar-refractivity contribution in [1.82, 2.24) is 0 Å². The molecule has 1 heterocycles. The minimum absolute atomic E-state index is 0.139. The Morgan fingerprint density at radius 3 is 2.31 bits per heavy atom. The van der Waals surface area contributed by atoms with Crippen molar-refractivity contribution in [2.24, 2.45) is 0 Å². The van der Waals surface area contributed by atoms with E-state index in [-0.39, 0.29) is 16.6 Å². The van der Waals surface area contributed by atoms with Crippen molar-refractivity contribution in [3.8, 4) is 0 Å². The van der Waals surface area contributed by atoms with Crippen LogP contribution in [0.15, 0.2) is 43.0 Å². The molecule has 136 valence electrons. The van der Waals surface area contributed by atoms with Gasteiger partial charge in [-0.1, -0.05) is 44.7 Å². The van der Waals surface area contributed by atoms with Gasteiger partial charge in [-0.3, -0.25) is 0 Å². The van der Waals surface area contributed by atoms with E-state index >= 15 is 0 Å². The van der Waals surface area contributed by atoms with Gasteiger partial charge in [0.2, 0.25) is 0 Å². The lowest BCUT2D eigenvalue weighted by molar-refractivity contribution is -0.0587. The summed E-state index contributed by atoms with van der Waals surface area (Å²) in [6, 6.07) is 10.2. The van der Waals surface area contributed by atoms with Crippen LogP contribution < -0.4 is 0 Å². The molecule has 0 fully saturated rings. The molecule has 1 N–H and O–H groups in total. The zero-order valence-electron chi connectivity index (χ0n) is 15.5. The highest BCUT2D eigenvalue weighted by atomic mass is 19.1. The largest absolute Gasteiger partial charge is 0.478 e. The Morgan fingerprint density at radius 2 is 1.69 bits per heavy atom. The van der Waals surface area contributed by atoms with Gasteiger partial charge >= 0.3 is 5.97 Å². The highest BCUT2D eigenvalue weighted by Gasteiger charge is 2.38. The van der Waals surface area contributed by atoms with Gasteiger partial charge in [-0.05, 0) is 53.8 Å². The first-order valence-electron chi connectivity index (χ1n) is 8.54. The summed E-state index contributed by atoms with van der Waals surface area (Å²) in [4.78, 5) is 11.0. The van der Waals surface area contributed by atoms with Crippen LogP contribution in [0.5, 0.6) is 0 Å². The standard InChI is InChI=1S/C22H23FO3/c1-13(15-6-8-16(20(24)25)19(23)11-15)14-7-9-17-18(10-14)21(2,3)12-26-22(17,4)5/h6-11H,1,12H2,2-5H3,(H,24,25). The molecular formula is C22H23FO3. The molecule has 2 aromatic carbocycles. The number of rotatable bonds is 3. The van der Waals surface area contributed by atoms with E-state index in [0.29, 0.717) is 17.7 Å². The van der Waals surface area contributed by atoms with E-state index in [0.717, 1.165) is 11.1 Å². The molecule has 3 rings (SSSR count). The number of ether oxygens (including phenoxy) is 1. The third-order valence-electron chi connectivity index (χ3n) is 5.09. The van der Waals surface area contributed by atoms with Crippen molar-refractivity contribution in [1.29, 1.82) is 0 Å². The molecule has 0 saturated carbocycles. The molecule has 3 nitrogen and oxygen atoms in total. The predicted molar refractivity (Wildman–Crippen MR) is 99.9 cm³/mol. The van der Waals surface area contributed by atoms with Crippen molar-refractivity contribution in [2.75, 3.05) is 6.61 Å². The monoisotopic (exact) mass is 354 g/mol. The summed E-state index contributed by atoms with van der Waals surface area (Å²) >= 11 is 0. The lowest BCUT2D eigenvalue weighted by atomic mass is 9.74. The maximum atomic E-state index is 14.0. The maximum Gasteiger partial charge on any atom is 0.338 e. The maximum absolute atomic E-state index is 14.0. The lowest BCUT2D eigenvalue weighted by Gasteiger charge is -2.42. The summed E-state index contributed by atoms with van der Waals surface area (Å²) in [7, 11) is 0. The molecule has 0 aromatic heterocycles. The quantitative estimate of drug-likeness (QED) is 0.831. The molecule has 0 aliphatic carbocycles. The fourth-order valence-electron chi connectivity index (χ4n) is 3.38. The Bertz CT molecular complexity index is 910. The van der Waals surface area contributed by atoms with Crippen molar-refractivity contribution >= 4 is 11.5 Å². The van der Waals surface area contributed by atoms with Gasteiger partial charge in [-0.2, -0.15) is 0 Å². The minimum Gasteiger partial charge on any atom is -0.478 e. The fraction of sp³-hybridized carbons (Fsp3) is 0.318. The van der Waals surface area contributed by atoms with E-state index in [4.69, 9.17) is 9.84 Å². The van der Waals surface area contributed by atoms with Gasteiger partial charge in [0, 0.05) is 5.41 Å². The van der Waals surface area contributed by atoms with Crippen molar-refractivity contribution < 1.29 is 19.0 Å². The summed E-state index contributed by atoms with van der Waals surface area (Å²) in [5.74, 6) is -2.04. The first-order valence-corrected chi connectivity index (χ1v) is 8.54. The molecule has 0 unspecified atom stereocenters.